The number of carbonyl (C=O) groups is 1. The lowest BCUT2D eigenvalue weighted by Gasteiger charge is -2.21. The average Bonchev–Trinajstić information content (AvgIpc) is 2.94. The quantitative estimate of drug-likeness (QED) is 0.774. The van der Waals surface area contributed by atoms with E-state index in [4.69, 9.17) is 14.2 Å². The summed E-state index contributed by atoms with van der Waals surface area (Å²) in [5.41, 5.74) is 1.10. The molecular formula is C14H17NO4. The minimum atomic E-state index is -0.152. The van der Waals surface area contributed by atoms with Gasteiger partial charge in [0.25, 0.3) is 0 Å². The van der Waals surface area contributed by atoms with Gasteiger partial charge in [0.15, 0.2) is 11.5 Å². The van der Waals surface area contributed by atoms with Crippen molar-refractivity contribution in [3.05, 3.63) is 23.8 Å². The maximum Gasteiger partial charge on any atom is 0.323 e. The summed E-state index contributed by atoms with van der Waals surface area (Å²) in [6.45, 7) is 2.89. The molecule has 3 rings (SSSR count). The highest BCUT2D eigenvalue weighted by atomic mass is 16.7. The Morgan fingerprint density at radius 3 is 2.84 bits per heavy atom. The summed E-state index contributed by atoms with van der Waals surface area (Å²) >= 11 is 0. The Morgan fingerprint density at radius 2 is 2.11 bits per heavy atom. The summed E-state index contributed by atoms with van der Waals surface area (Å²) < 4.78 is 15.8. The summed E-state index contributed by atoms with van der Waals surface area (Å²) in [7, 11) is 1.94. The molecule has 2 atom stereocenters. The number of fused-ring (bicyclic) bond motifs is 1. The van der Waals surface area contributed by atoms with Crippen LogP contribution in [0, 0.1) is 0 Å². The molecule has 0 aliphatic carbocycles. The molecule has 5 nitrogen and oxygen atoms in total. The lowest BCUT2D eigenvalue weighted by atomic mass is 10.1. The van der Waals surface area contributed by atoms with Crippen molar-refractivity contribution < 1.29 is 19.0 Å². The zero-order valence-corrected chi connectivity index (χ0v) is 11.1. The Balaban J connectivity index is 1.69. The van der Waals surface area contributed by atoms with Gasteiger partial charge in [-0.15, -0.1) is 0 Å². The van der Waals surface area contributed by atoms with E-state index in [2.05, 4.69) is 0 Å². The SMILES string of the molecule is C[C@@H]1C[C@H](N(C)Cc2ccc3c(c2)OCO3)C(=O)O1. The third kappa shape index (κ3) is 2.38. The number of ether oxygens (including phenoxy) is 3. The smallest absolute Gasteiger partial charge is 0.323 e. The topological polar surface area (TPSA) is 48.0 Å². The van der Waals surface area contributed by atoms with Crippen molar-refractivity contribution in [2.45, 2.75) is 32.0 Å². The largest absolute Gasteiger partial charge is 0.461 e. The van der Waals surface area contributed by atoms with Gasteiger partial charge in [0.1, 0.15) is 12.1 Å². The van der Waals surface area contributed by atoms with Gasteiger partial charge in [0, 0.05) is 13.0 Å². The van der Waals surface area contributed by atoms with Gasteiger partial charge in [-0.25, -0.2) is 0 Å². The maximum absolute atomic E-state index is 11.7. The standard InChI is InChI=1S/C14H17NO4/c1-9-5-11(14(16)19-9)15(2)7-10-3-4-12-13(6-10)18-8-17-12/h3-4,6,9,11H,5,7-8H2,1-2H3/t9-,11+/m1/s1. The van der Waals surface area contributed by atoms with Gasteiger partial charge in [0.2, 0.25) is 6.79 Å². The predicted molar refractivity (Wildman–Crippen MR) is 68.0 cm³/mol. The Hall–Kier alpha value is -1.75. The van der Waals surface area contributed by atoms with Crippen molar-refractivity contribution in [3.8, 4) is 11.5 Å². The lowest BCUT2D eigenvalue weighted by Crippen LogP contribution is -2.34. The van der Waals surface area contributed by atoms with E-state index in [1.807, 2.05) is 37.1 Å². The van der Waals surface area contributed by atoms with Gasteiger partial charge in [0.05, 0.1) is 0 Å². The molecule has 2 aliphatic rings. The van der Waals surface area contributed by atoms with Crippen molar-refractivity contribution in [2.75, 3.05) is 13.8 Å². The molecule has 0 aromatic heterocycles. The molecule has 2 heterocycles. The van der Waals surface area contributed by atoms with Gasteiger partial charge in [-0.05, 0) is 31.7 Å². The zero-order chi connectivity index (χ0) is 13.4. The van der Waals surface area contributed by atoms with E-state index >= 15 is 0 Å². The Labute approximate surface area is 112 Å². The molecule has 0 radical (unpaired) electrons. The molecule has 0 bridgehead atoms. The summed E-state index contributed by atoms with van der Waals surface area (Å²) in [5, 5.41) is 0. The van der Waals surface area contributed by atoms with Crippen molar-refractivity contribution in [1.82, 2.24) is 4.90 Å². The molecule has 0 amide bonds. The van der Waals surface area contributed by atoms with Crippen LogP contribution in [0.3, 0.4) is 0 Å². The molecule has 1 saturated heterocycles. The third-order valence-corrected chi connectivity index (χ3v) is 3.55. The molecule has 19 heavy (non-hydrogen) atoms. The summed E-state index contributed by atoms with van der Waals surface area (Å²) in [4.78, 5) is 13.7. The van der Waals surface area contributed by atoms with Crippen LogP contribution in [-0.2, 0) is 16.1 Å². The van der Waals surface area contributed by atoms with E-state index in [9.17, 15) is 4.79 Å². The van der Waals surface area contributed by atoms with Gasteiger partial charge in [-0.1, -0.05) is 6.07 Å². The first-order valence-corrected chi connectivity index (χ1v) is 6.43. The third-order valence-electron chi connectivity index (χ3n) is 3.55. The van der Waals surface area contributed by atoms with Crippen molar-refractivity contribution in [1.29, 1.82) is 0 Å². The van der Waals surface area contributed by atoms with E-state index in [0.717, 1.165) is 23.5 Å². The summed E-state index contributed by atoms with van der Waals surface area (Å²) in [5.74, 6) is 1.42. The first-order chi connectivity index (χ1) is 9.13. The second-order valence-corrected chi connectivity index (χ2v) is 5.10. The molecule has 2 aliphatic heterocycles. The monoisotopic (exact) mass is 263 g/mol. The number of esters is 1. The van der Waals surface area contributed by atoms with Crippen molar-refractivity contribution >= 4 is 5.97 Å². The molecule has 5 heteroatoms. The predicted octanol–water partition coefficient (Wildman–Crippen LogP) is 1.55. The molecule has 0 spiro atoms. The highest BCUT2D eigenvalue weighted by Gasteiger charge is 2.34. The highest BCUT2D eigenvalue weighted by molar-refractivity contribution is 5.77. The van der Waals surface area contributed by atoms with E-state index in [1.54, 1.807) is 0 Å². The molecular weight excluding hydrogens is 246 g/mol. The first-order valence-electron chi connectivity index (χ1n) is 6.43. The molecule has 0 unspecified atom stereocenters. The van der Waals surface area contributed by atoms with Gasteiger partial charge >= 0.3 is 5.97 Å². The van der Waals surface area contributed by atoms with Crippen LogP contribution in [0.25, 0.3) is 0 Å². The minimum Gasteiger partial charge on any atom is -0.461 e. The second kappa shape index (κ2) is 4.74. The number of likely N-dealkylation sites (N-methyl/N-ethyl adjacent to an activating group) is 1. The second-order valence-electron chi connectivity index (χ2n) is 5.10. The van der Waals surface area contributed by atoms with Crippen LogP contribution in [0.5, 0.6) is 11.5 Å². The molecule has 102 valence electrons. The minimum absolute atomic E-state index is 0.0108. The summed E-state index contributed by atoms with van der Waals surface area (Å²) in [6, 6.07) is 5.71. The van der Waals surface area contributed by atoms with Gasteiger partial charge in [-0.3, -0.25) is 9.69 Å². The van der Waals surface area contributed by atoms with Crippen LogP contribution < -0.4 is 9.47 Å². The van der Waals surface area contributed by atoms with Crippen LogP contribution >= 0.6 is 0 Å². The molecule has 1 aromatic carbocycles. The van der Waals surface area contributed by atoms with Crippen LogP contribution in [0.2, 0.25) is 0 Å². The average molecular weight is 263 g/mol. The van der Waals surface area contributed by atoms with E-state index < -0.39 is 0 Å². The van der Waals surface area contributed by atoms with E-state index in [0.29, 0.717) is 6.54 Å². The van der Waals surface area contributed by atoms with Gasteiger partial charge < -0.3 is 14.2 Å². The number of carbonyl (C=O) groups excluding carboxylic acids is 1. The number of cyclic esters (lactones) is 1. The van der Waals surface area contributed by atoms with E-state index in [1.165, 1.54) is 0 Å². The Bertz CT molecular complexity index is 502. The van der Waals surface area contributed by atoms with E-state index in [-0.39, 0.29) is 24.9 Å². The fraction of sp³-hybridized carbons (Fsp3) is 0.500. The Morgan fingerprint density at radius 1 is 1.32 bits per heavy atom. The van der Waals surface area contributed by atoms with Crippen molar-refractivity contribution in [3.63, 3.8) is 0 Å². The number of hydrogen-bond acceptors (Lipinski definition) is 5. The van der Waals surface area contributed by atoms with Crippen LogP contribution in [-0.4, -0.2) is 36.9 Å². The van der Waals surface area contributed by atoms with Crippen molar-refractivity contribution in [2.24, 2.45) is 0 Å². The number of rotatable bonds is 3. The fourth-order valence-corrected chi connectivity index (χ4v) is 2.53. The highest BCUT2D eigenvalue weighted by Crippen LogP contribution is 2.33. The normalized spacial score (nSPS) is 24.9. The Kier molecular flexibility index (Phi) is 3.06. The molecule has 1 aromatic rings. The number of benzene rings is 1. The lowest BCUT2D eigenvalue weighted by molar-refractivity contribution is -0.144. The first kappa shape index (κ1) is 12.3. The zero-order valence-electron chi connectivity index (χ0n) is 11.1. The molecule has 1 fully saturated rings. The van der Waals surface area contributed by atoms with Crippen LogP contribution in [0.1, 0.15) is 18.9 Å². The fourth-order valence-electron chi connectivity index (χ4n) is 2.53. The summed E-state index contributed by atoms with van der Waals surface area (Å²) in [6.07, 6.45) is 0.761. The van der Waals surface area contributed by atoms with Crippen LogP contribution in [0.15, 0.2) is 18.2 Å². The number of hydrogen-bond donors (Lipinski definition) is 0. The maximum atomic E-state index is 11.7. The van der Waals surface area contributed by atoms with Gasteiger partial charge in [-0.2, -0.15) is 0 Å². The molecule has 0 N–H and O–H groups in total. The molecule has 0 saturated carbocycles. The van der Waals surface area contributed by atoms with Crippen LogP contribution in [0.4, 0.5) is 0 Å². The number of nitrogens with zero attached hydrogens (tertiary/aromatic N) is 1.